The fourth-order valence-electron chi connectivity index (χ4n) is 2.14. The highest BCUT2D eigenvalue weighted by Gasteiger charge is 2.32. The van der Waals surface area contributed by atoms with Gasteiger partial charge in [0.2, 0.25) is 0 Å². The van der Waals surface area contributed by atoms with Gasteiger partial charge in [0.1, 0.15) is 11.3 Å². The second-order valence-electron chi connectivity index (χ2n) is 4.60. The van der Waals surface area contributed by atoms with Crippen LogP contribution in [0.5, 0.6) is 0 Å². The molecule has 0 fully saturated rings. The van der Waals surface area contributed by atoms with E-state index in [1.807, 2.05) is 36.6 Å². The average Bonchev–Trinajstić information content (AvgIpc) is 2.72. The minimum Gasteiger partial charge on any atom is -0.509 e. The van der Waals surface area contributed by atoms with Crippen molar-refractivity contribution in [3.63, 3.8) is 0 Å². The molecule has 2 rings (SSSR count). The number of rotatable bonds is 5. The standard InChI is InChI=1S/C15H18N2O2S/c1-10(16-11-6-4-3-5-7-11)13-14(18)12(8-9-20-2)17-15(13)19/h3-7,12,18H,8-9H2,1-2H3,(H,17,19). The Bertz CT molecular complexity index is 552. The Balaban J connectivity index is 2.24. The number of nitrogens with one attached hydrogen (secondary N) is 1. The van der Waals surface area contributed by atoms with E-state index >= 15 is 0 Å². The van der Waals surface area contributed by atoms with Gasteiger partial charge in [-0.25, -0.2) is 0 Å². The van der Waals surface area contributed by atoms with E-state index in [9.17, 15) is 9.90 Å². The van der Waals surface area contributed by atoms with E-state index in [4.69, 9.17) is 0 Å². The molecule has 0 aromatic heterocycles. The Morgan fingerprint density at radius 3 is 2.75 bits per heavy atom. The third-order valence-electron chi connectivity index (χ3n) is 3.14. The van der Waals surface area contributed by atoms with Gasteiger partial charge in [0.15, 0.2) is 0 Å². The number of hydrogen-bond acceptors (Lipinski definition) is 4. The van der Waals surface area contributed by atoms with Crippen molar-refractivity contribution in [1.29, 1.82) is 0 Å². The molecule has 1 unspecified atom stereocenters. The molecule has 1 aliphatic heterocycles. The fourth-order valence-corrected chi connectivity index (χ4v) is 2.61. The predicted molar refractivity (Wildman–Crippen MR) is 83.8 cm³/mol. The minimum atomic E-state index is -0.286. The number of aliphatic hydroxyl groups is 1. The van der Waals surface area contributed by atoms with Crippen molar-refractivity contribution in [2.24, 2.45) is 4.99 Å². The van der Waals surface area contributed by atoms with Crippen molar-refractivity contribution in [2.45, 2.75) is 19.4 Å². The number of amides is 1. The molecule has 0 saturated carbocycles. The number of nitrogens with zero attached hydrogens (tertiary/aromatic N) is 1. The van der Waals surface area contributed by atoms with Crippen LogP contribution in [-0.4, -0.2) is 34.8 Å². The highest BCUT2D eigenvalue weighted by atomic mass is 32.2. The van der Waals surface area contributed by atoms with Crippen LogP contribution < -0.4 is 5.32 Å². The third-order valence-corrected chi connectivity index (χ3v) is 3.79. The van der Waals surface area contributed by atoms with Crippen molar-refractivity contribution >= 4 is 29.1 Å². The van der Waals surface area contributed by atoms with Crippen LogP contribution in [0.3, 0.4) is 0 Å². The van der Waals surface area contributed by atoms with Gasteiger partial charge in [-0.2, -0.15) is 11.8 Å². The average molecular weight is 290 g/mol. The largest absolute Gasteiger partial charge is 0.509 e. The Morgan fingerprint density at radius 2 is 2.10 bits per heavy atom. The molecule has 2 N–H and O–H groups in total. The molecule has 5 heteroatoms. The molecule has 1 heterocycles. The van der Waals surface area contributed by atoms with Crippen LogP contribution in [0.15, 0.2) is 46.7 Å². The number of benzene rings is 1. The summed E-state index contributed by atoms with van der Waals surface area (Å²) in [6, 6.07) is 9.11. The summed E-state index contributed by atoms with van der Waals surface area (Å²) in [4.78, 5) is 16.4. The molecule has 106 valence electrons. The van der Waals surface area contributed by atoms with Crippen molar-refractivity contribution in [1.82, 2.24) is 5.32 Å². The molecular weight excluding hydrogens is 272 g/mol. The third kappa shape index (κ3) is 3.22. The second kappa shape index (κ2) is 6.61. The van der Waals surface area contributed by atoms with E-state index < -0.39 is 0 Å². The zero-order valence-corrected chi connectivity index (χ0v) is 12.4. The maximum Gasteiger partial charge on any atom is 0.257 e. The predicted octanol–water partition coefficient (Wildman–Crippen LogP) is 2.84. The molecule has 1 amide bonds. The first-order valence-corrected chi connectivity index (χ1v) is 7.86. The van der Waals surface area contributed by atoms with E-state index in [0.29, 0.717) is 11.3 Å². The normalized spacial score (nSPS) is 19.4. The van der Waals surface area contributed by atoms with Crippen LogP contribution in [0.2, 0.25) is 0 Å². The van der Waals surface area contributed by atoms with E-state index in [1.165, 1.54) is 0 Å². The van der Waals surface area contributed by atoms with E-state index in [0.717, 1.165) is 17.9 Å². The summed E-state index contributed by atoms with van der Waals surface area (Å²) in [7, 11) is 0. The van der Waals surface area contributed by atoms with Crippen LogP contribution in [0.25, 0.3) is 0 Å². The molecule has 20 heavy (non-hydrogen) atoms. The quantitative estimate of drug-likeness (QED) is 0.820. The highest BCUT2D eigenvalue weighted by molar-refractivity contribution is 7.98. The molecule has 0 radical (unpaired) electrons. The lowest BCUT2D eigenvalue weighted by atomic mass is 10.1. The highest BCUT2D eigenvalue weighted by Crippen LogP contribution is 2.22. The molecule has 0 bridgehead atoms. The lowest BCUT2D eigenvalue weighted by Crippen LogP contribution is -2.29. The van der Waals surface area contributed by atoms with Gasteiger partial charge in [-0.05, 0) is 37.5 Å². The van der Waals surface area contributed by atoms with E-state index in [2.05, 4.69) is 10.3 Å². The van der Waals surface area contributed by atoms with Crippen molar-refractivity contribution in [2.75, 3.05) is 12.0 Å². The second-order valence-corrected chi connectivity index (χ2v) is 5.59. The van der Waals surface area contributed by atoms with Crippen LogP contribution in [0.1, 0.15) is 13.3 Å². The zero-order valence-electron chi connectivity index (χ0n) is 11.6. The maximum absolute atomic E-state index is 12.0. The Labute approximate surface area is 123 Å². The summed E-state index contributed by atoms with van der Waals surface area (Å²) in [6.07, 6.45) is 2.72. The number of carbonyl (C=O) groups is 1. The van der Waals surface area contributed by atoms with Gasteiger partial charge in [0, 0.05) is 0 Å². The van der Waals surface area contributed by atoms with Gasteiger partial charge in [0.05, 0.1) is 17.4 Å². The molecule has 1 aromatic rings. The Kier molecular flexibility index (Phi) is 4.84. The molecular formula is C15H18N2O2S. The van der Waals surface area contributed by atoms with Crippen molar-refractivity contribution < 1.29 is 9.90 Å². The van der Waals surface area contributed by atoms with Gasteiger partial charge in [-0.15, -0.1) is 0 Å². The van der Waals surface area contributed by atoms with Gasteiger partial charge >= 0.3 is 0 Å². The minimum absolute atomic E-state index is 0.112. The number of thioether (sulfide) groups is 1. The van der Waals surface area contributed by atoms with Crippen LogP contribution in [0, 0.1) is 0 Å². The first-order chi connectivity index (χ1) is 9.63. The summed E-state index contributed by atoms with van der Waals surface area (Å²) in [5.41, 5.74) is 1.61. The SMILES string of the molecule is CSCCC1NC(=O)C(C(C)=Nc2ccccc2)=C1O. The molecule has 0 aliphatic carbocycles. The summed E-state index contributed by atoms with van der Waals surface area (Å²) >= 11 is 1.69. The Morgan fingerprint density at radius 1 is 1.40 bits per heavy atom. The summed E-state index contributed by atoms with van der Waals surface area (Å²) in [5, 5.41) is 13.0. The maximum atomic E-state index is 12.0. The van der Waals surface area contributed by atoms with Crippen molar-refractivity contribution in [3.05, 3.63) is 41.7 Å². The number of aliphatic hydroxyl groups excluding tert-OH is 1. The number of carbonyl (C=O) groups excluding carboxylic acids is 1. The van der Waals surface area contributed by atoms with Gasteiger partial charge in [-0.1, -0.05) is 18.2 Å². The first-order valence-electron chi connectivity index (χ1n) is 6.47. The van der Waals surface area contributed by atoms with Crippen LogP contribution >= 0.6 is 11.8 Å². The van der Waals surface area contributed by atoms with Crippen molar-refractivity contribution in [3.8, 4) is 0 Å². The number of aliphatic imine (C=N–C) groups is 1. The first kappa shape index (κ1) is 14.7. The van der Waals surface area contributed by atoms with Crippen LogP contribution in [0.4, 0.5) is 5.69 Å². The molecule has 0 saturated heterocycles. The molecule has 1 atom stereocenters. The monoisotopic (exact) mass is 290 g/mol. The van der Waals surface area contributed by atoms with Crippen LogP contribution in [-0.2, 0) is 4.79 Å². The lowest BCUT2D eigenvalue weighted by Gasteiger charge is -2.09. The van der Waals surface area contributed by atoms with E-state index in [1.54, 1.807) is 18.7 Å². The molecule has 0 spiro atoms. The Hall–Kier alpha value is -1.75. The fraction of sp³-hybridized carbons (Fsp3) is 0.333. The summed E-state index contributed by atoms with van der Waals surface area (Å²) in [5.74, 6) is 0.754. The van der Waals surface area contributed by atoms with Gasteiger partial charge in [-0.3, -0.25) is 9.79 Å². The molecule has 1 aromatic carbocycles. The molecule has 4 nitrogen and oxygen atoms in total. The van der Waals surface area contributed by atoms with Gasteiger partial charge in [0.25, 0.3) is 5.91 Å². The number of para-hydroxylation sites is 1. The van der Waals surface area contributed by atoms with Gasteiger partial charge < -0.3 is 10.4 Å². The number of hydrogen-bond donors (Lipinski definition) is 2. The summed E-state index contributed by atoms with van der Waals surface area (Å²) in [6.45, 7) is 1.75. The zero-order chi connectivity index (χ0) is 14.5. The summed E-state index contributed by atoms with van der Waals surface area (Å²) < 4.78 is 0. The molecule has 1 aliphatic rings. The topological polar surface area (TPSA) is 61.7 Å². The lowest BCUT2D eigenvalue weighted by molar-refractivity contribution is -0.116. The van der Waals surface area contributed by atoms with E-state index in [-0.39, 0.29) is 17.7 Å². The smallest absolute Gasteiger partial charge is 0.257 e.